The smallest absolute Gasteiger partial charge is 0.290 e. The van der Waals surface area contributed by atoms with Gasteiger partial charge < -0.3 is 19.1 Å². The molecule has 1 amide bonds. The Bertz CT molecular complexity index is 1160. The Hall–Kier alpha value is -3.94. The van der Waals surface area contributed by atoms with Crippen molar-refractivity contribution in [2.45, 2.75) is 19.9 Å². The Morgan fingerprint density at radius 1 is 1.03 bits per heavy atom. The molecule has 4 rings (SSSR count). The average molecular weight is 404 g/mol. The first kappa shape index (κ1) is 19.4. The first-order valence-corrected chi connectivity index (χ1v) is 9.36. The van der Waals surface area contributed by atoms with E-state index in [9.17, 15) is 4.79 Å². The number of rotatable bonds is 6. The molecule has 0 unspecified atom stereocenters. The van der Waals surface area contributed by atoms with Crippen LogP contribution in [0.15, 0.2) is 63.6 Å². The van der Waals surface area contributed by atoms with Crippen molar-refractivity contribution in [2.24, 2.45) is 0 Å². The van der Waals surface area contributed by atoms with Gasteiger partial charge in [0.1, 0.15) is 17.5 Å². The fourth-order valence-corrected chi connectivity index (χ4v) is 2.92. The number of ether oxygens (including phenoxy) is 1. The van der Waals surface area contributed by atoms with Gasteiger partial charge in [-0.3, -0.25) is 4.79 Å². The number of amides is 1. The van der Waals surface area contributed by atoms with Crippen LogP contribution in [-0.4, -0.2) is 28.3 Å². The molecule has 2 heterocycles. The number of aryl methyl sites for hydroxylation is 1. The summed E-state index contributed by atoms with van der Waals surface area (Å²) < 4.78 is 15.7. The summed E-state index contributed by atoms with van der Waals surface area (Å²) in [7, 11) is 1.60. The van der Waals surface area contributed by atoms with Gasteiger partial charge >= 0.3 is 0 Å². The molecule has 1 atom stereocenters. The minimum Gasteiger partial charge on any atom is -0.497 e. The monoisotopic (exact) mass is 404 g/mol. The first-order chi connectivity index (χ1) is 14.5. The van der Waals surface area contributed by atoms with E-state index in [0.717, 1.165) is 22.4 Å². The van der Waals surface area contributed by atoms with Gasteiger partial charge in [0.15, 0.2) is 0 Å². The molecule has 0 aliphatic rings. The van der Waals surface area contributed by atoms with Gasteiger partial charge in [-0.2, -0.15) is 4.98 Å². The van der Waals surface area contributed by atoms with Gasteiger partial charge in [-0.1, -0.05) is 34.1 Å². The van der Waals surface area contributed by atoms with Crippen molar-refractivity contribution in [1.82, 2.24) is 20.6 Å². The summed E-state index contributed by atoms with van der Waals surface area (Å²) in [5.41, 5.74) is 3.31. The van der Waals surface area contributed by atoms with E-state index >= 15 is 0 Å². The fourth-order valence-electron chi connectivity index (χ4n) is 2.92. The maximum Gasteiger partial charge on any atom is 0.290 e. The number of methoxy groups -OCH3 is 1. The number of benzene rings is 2. The zero-order chi connectivity index (χ0) is 21.1. The van der Waals surface area contributed by atoms with Gasteiger partial charge in [0.2, 0.25) is 17.5 Å². The molecule has 30 heavy (non-hydrogen) atoms. The molecule has 0 saturated heterocycles. The van der Waals surface area contributed by atoms with Gasteiger partial charge in [-0.15, -0.1) is 0 Å². The Morgan fingerprint density at radius 3 is 2.57 bits per heavy atom. The predicted molar refractivity (Wildman–Crippen MR) is 109 cm³/mol. The molecule has 8 heteroatoms. The lowest BCUT2D eigenvalue weighted by Crippen LogP contribution is -2.26. The summed E-state index contributed by atoms with van der Waals surface area (Å²) in [6.45, 7) is 3.75. The summed E-state index contributed by atoms with van der Waals surface area (Å²) in [5, 5.41) is 10.8. The number of carbonyl (C=O) groups is 1. The topological polar surface area (TPSA) is 103 Å². The summed E-state index contributed by atoms with van der Waals surface area (Å²) in [6.07, 6.45) is 0. The molecule has 0 aliphatic heterocycles. The van der Waals surface area contributed by atoms with Crippen LogP contribution in [0.3, 0.4) is 0 Å². The SMILES string of the molecule is COc1ccc(-c2cc(C(=O)N[C@@H](C)c3nc(-c4cccc(C)c4)no3)on2)cc1. The van der Waals surface area contributed by atoms with Gasteiger partial charge in [0.25, 0.3) is 5.91 Å². The molecule has 0 radical (unpaired) electrons. The maximum absolute atomic E-state index is 12.5. The number of aromatic nitrogens is 3. The van der Waals surface area contributed by atoms with Crippen LogP contribution in [0.5, 0.6) is 5.75 Å². The molecule has 2 aromatic carbocycles. The number of hydrogen-bond donors (Lipinski definition) is 1. The number of nitrogens with zero attached hydrogens (tertiary/aromatic N) is 3. The highest BCUT2D eigenvalue weighted by Crippen LogP contribution is 2.23. The van der Waals surface area contributed by atoms with E-state index in [0.29, 0.717) is 17.4 Å². The summed E-state index contributed by atoms with van der Waals surface area (Å²) >= 11 is 0. The molecule has 0 fully saturated rings. The Morgan fingerprint density at radius 2 is 1.83 bits per heavy atom. The molecule has 2 aromatic heterocycles. The first-order valence-electron chi connectivity index (χ1n) is 9.36. The molecule has 0 bridgehead atoms. The molecule has 8 nitrogen and oxygen atoms in total. The normalized spacial score (nSPS) is 11.8. The van der Waals surface area contributed by atoms with Crippen LogP contribution >= 0.6 is 0 Å². The maximum atomic E-state index is 12.5. The van der Waals surface area contributed by atoms with E-state index < -0.39 is 11.9 Å². The van der Waals surface area contributed by atoms with E-state index in [1.165, 1.54) is 0 Å². The van der Waals surface area contributed by atoms with Crippen LogP contribution in [0.2, 0.25) is 0 Å². The number of nitrogens with one attached hydrogen (secondary N) is 1. The van der Waals surface area contributed by atoms with Crippen molar-refractivity contribution in [1.29, 1.82) is 0 Å². The molecule has 1 N–H and O–H groups in total. The molecule has 0 aliphatic carbocycles. The predicted octanol–water partition coefficient (Wildman–Crippen LogP) is 4.20. The number of carbonyl (C=O) groups excluding carboxylic acids is 1. The van der Waals surface area contributed by atoms with Crippen LogP contribution in [-0.2, 0) is 0 Å². The summed E-state index contributed by atoms with van der Waals surface area (Å²) in [4.78, 5) is 16.9. The van der Waals surface area contributed by atoms with E-state index in [1.54, 1.807) is 20.1 Å². The van der Waals surface area contributed by atoms with Crippen LogP contribution < -0.4 is 10.1 Å². The van der Waals surface area contributed by atoms with Crippen LogP contribution in [0.1, 0.15) is 35.0 Å². The van der Waals surface area contributed by atoms with Crippen molar-refractivity contribution in [3.05, 3.63) is 71.8 Å². The molecule has 0 spiro atoms. The second kappa shape index (κ2) is 8.20. The van der Waals surface area contributed by atoms with Crippen molar-refractivity contribution < 1.29 is 18.6 Å². The molecular weight excluding hydrogens is 384 g/mol. The lowest BCUT2D eigenvalue weighted by molar-refractivity contribution is 0.0895. The standard InChI is InChI=1S/C22H20N4O4/c1-13-5-4-6-16(11-13)20-24-22(30-26-20)14(2)23-21(27)19-12-18(25-29-19)15-7-9-17(28-3)10-8-15/h4-12,14H,1-3H3,(H,23,27)/t14-/m0/s1. The minimum atomic E-state index is -0.502. The lowest BCUT2D eigenvalue weighted by Gasteiger charge is -2.07. The van der Waals surface area contributed by atoms with Gasteiger partial charge in [-0.25, -0.2) is 0 Å². The third-order valence-electron chi connectivity index (χ3n) is 4.56. The van der Waals surface area contributed by atoms with E-state index in [2.05, 4.69) is 20.6 Å². The van der Waals surface area contributed by atoms with Gasteiger partial charge in [0, 0.05) is 17.2 Å². The molecular formula is C22H20N4O4. The fraction of sp³-hybridized carbons (Fsp3) is 0.182. The van der Waals surface area contributed by atoms with Crippen LogP contribution in [0, 0.1) is 6.92 Å². The zero-order valence-corrected chi connectivity index (χ0v) is 16.7. The van der Waals surface area contributed by atoms with Crippen LogP contribution in [0.4, 0.5) is 0 Å². The zero-order valence-electron chi connectivity index (χ0n) is 16.7. The number of hydrogen-bond acceptors (Lipinski definition) is 7. The van der Waals surface area contributed by atoms with Gasteiger partial charge in [0.05, 0.1) is 7.11 Å². The Kier molecular flexibility index (Phi) is 5.30. The lowest BCUT2D eigenvalue weighted by atomic mass is 10.1. The molecule has 4 aromatic rings. The van der Waals surface area contributed by atoms with Crippen LogP contribution in [0.25, 0.3) is 22.6 Å². The van der Waals surface area contributed by atoms with E-state index in [1.807, 2.05) is 55.5 Å². The van der Waals surface area contributed by atoms with Crippen molar-refractivity contribution in [3.63, 3.8) is 0 Å². The minimum absolute atomic E-state index is 0.0890. The third-order valence-corrected chi connectivity index (χ3v) is 4.56. The highest BCUT2D eigenvalue weighted by molar-refractivity contribution is 5.92. The molecule has 152 valence electrons. The summed E-state index contributed by atoms with van der Waals surface area (Å²) in [6, 6.07) is 16.2. The highest BCUT2D eigenvalue weighted by Gasteiger charge is 2.21. The molecule has 0 saturated carbocycles. The Balaban J connectivity index is 1.44. The third kappa shape index (κ3) is 4.07. The quantitative estimate of drug-likeness (QED) is 0.514. The van der Waals surface area contributed by atoms with Crippen molar-refractivity contribution in [2.75, 3.05) is 7.11 Å². The van der Waals surface area contributed by atoms with E-state index in [4.69, 9.17) is 13.8 Å². The highest BCUT2D eigenvalue weighted by atomic mass is 16.5. The second-order valence-corrected chi connectivity index (χ2v) is 6.83. The van der Waals surface area contributed by atoms with Crippen molar-refractivity contribution >= 4 is 5.91 Å². The Labute approximate surface area is 172 Å². The van der Waals surface area contributed by atoms with E-state index in [-0.39, 0.29) is 5.76 Å². The largest absolute Gasteiger partial charge is 0.497 e. The summed E-state index contributed by atoms with van der Waals surface area (Å²) in [5.74, 6) is 1.17. The van der Waals surface area contributed by atoms with Gasteiger partial charge in [-0.05, 0) is 44.2 Å². The average Bonchev–Trinajstić information content (AvgIpc) is 3.44. The second-order valence-electron chi connectivity index (χ2n) is 6.83. The van der Waals surface area contributed by atoms with Crippen molar-refractivity contribution in [3.8, 4) is 28.4 Å².